The molecule has 2 heterocycles. The Kier molecular flexibility index (Phi) is 6.57. The highest BCUT2D eigenvalue weighted by Gasteiger charge is 2.24. The average molecular weight is 434 g/mol. The number of amides is 1. The van der Waals surface area contributed by atoms with Gasteiger partial charge < -0.3 is 9.88 Å². The predicted octanol–water partition coefficient (Wildman–Crippen LogP) is 4.99. The van der Waals surface area contributed by atoms with Gasteiger partial charge in [-0.05, 0) is 36.6 Å². The first-order valence-electron chi connectivity index (χ1n) is 10.4. The van der Waals surface area contributed by atoms with Gasteiger partial charge in [0, 0.05) is 24.0 Å². The fourth-order valence-corrected chi connectivity index (χ4v) is 3.81. The van der Waals surface area contributed by atoms with E-state index in [0.29, 0.717) is 11.4 Å². The zero-order valence-corrected chi connectivity index (χ0v) is 18.1. The lowest BCUT2D eigenvalue weighted by Crippen LogP contribution is -2.32. The van der Waals surface area contributed by atoms with Gasteiger partial charge in [0.1, 0.15) is 11.5 Å². The molecule has 2 aromatic carbocycles. The molecule has 0 aliphatic carbocycles. The summed E-state index contributed by atoms with van der Waals surface area (Å²) in [5.41, 5.74) is 3.23. The van der Waals surface area contributed by atoms with Crippen molar-refractivity contribution in [1.29, 1.82) is 0 Å². The SMILES string of the molecule is CCCCn1c(C(Cc2ccccc2)NC(=O)c2cnccn2)nc2cc(Cl)ccc21. The van der Waals surface area contributed by atoms with Crippen molar-refractivity contribution in [2.24, 2.45) is 0 Å². The third-order valence-corrected chi connectivity index (χ3v) is 5.41. The molecule has 7 heteroatoms. The lowest BCUT2D eigenvalue weighted by molar-refractivity contribution is 0.0928. The molecule has 0 radical (unpaired) electrons. The maximum atomic E-state index is 12.9. The van der Waals surface area contributed by atoms with Crippen molar-refractivity contribution in [3.05, 3.63) is 89.2 Å². The molecule has 1 N–H and O–H groups in total. The Morgan fingerprint density at radius 2 is 2.00 bits per heavy atom. The molecule has 0 saturated heterocycles. The molecule has 1 unspecified atom stereocenters. The summed E-state index contributed by atoms with van der Waals surface area (Å²) in [5.74, 6) is 0.535. The van der Waals surface area contributed by atoms with Crippen LogP contribution in [0.4, 0.5) is 0 Å². The quantitative estimate of drug-likeness (QED) is 0.424. The summed E-state index contributed by atoms with van der Waals surface area (Å²) in [6.45, 7) is 2.98. The molecule has 1 atom stereocenters. The van der Waals surface area contributed by atoms with E-state index in [1.165, 1.54) is 12.4 Å². The summed E-state index contributed by atoms with van der Waals surface area (Å²) in [6, 6.07) is 15.5. The molecule has 31 heavy (non-hydrogen) atoms. The van der Waals surface area contributed by atoms with Crippen molar-refractivity contribution in [2.45, 2.75) is 38.8 Å². The zero-order chi connectivity index (χ0) is 21.6. The van der Waals surface area contributed by atoms with Crippen molar-refractivity contribution in [1.82, 2.24) is 24.8 Å². The van der Waals surface area contributed by atoms with Gasteiger partial charge in [-0.2, -0.15) is 0 Å². The standard InChI is InChI=1S/C24H24ClN5O/c1-2-3-13-30-22-10-9-18(25)15-19(22)28-23(30)20(14-17-7-5-4-6-8-17)29-24(31)21-16-26-11-12-27-21/h4-12,15-16,20H,2-3,13-14H2,1H3,(H,29,31). The van der Waals surface area contributed by atoms with Gasteiger partial charge in [-0.1, -0.05) is 55.3 Å². The number of nitrogens with zero attached hydrogens (tertiary/aromatic N) is 4. The van der Waals surface area contributed by atoms with Gasteiger partial charge in [-0.15, -0.1) is 0 Å². The van der Waals surface area contributed by atoms with Crippen LogP contribution in [0.15, 0.2) is 67.1 Å². The minimum atomic E-state index is -0.333. The highest BCUT2D eigenvalue weighted by atomic mass is 35.5. The lowest BCUT2D eigenvalue weighted by Gasteiger charge is -2.20. The Morgan fingerprint density at radius 3 is 2.74 bits per heavy atom. The summed E-state index contributed by atoms with van der Waals surface area (Å²) in [6.07, 6.45) is 7.20. The third-order valence-electron chi connectivity index (χ3n) is 5.17. The lowest BCUT2D eigenvalue weighted by atomic mass is 10.0. The van der Waals surface area contributed by atoms with E-state index in [4.69, 9.17) is 16.6 Å². The number of hydrogen-bond donors (Lipinski definition) is 1. The first kappa shape index (κ1) is 21.0. The maximum absolute atomic E-state index is 12.9. The zero-order valence-electron chi connectivity index (χ0n) is 17.3. The summed E-state index contributed by atoms with van der Waals surface area (Å²) in [5, 5.41) is 3.77. The van der Waals surface area contributed by atoms with Gasteiger partial charge in [0.25, 0.3) is 5.91 Å². The molecule has 0 fully saturated rings. The van der Waals surface area contributed by atoms with Crippen LogP contribution in [0.25, 0.3) is 11.0 Å². The number of imidazole rings is 1. The summed E-state index contributed by atoms with van der Waals surface area (Å²) in [7, 11) is 0. The molecule has 0 aliphatic heterocycles. The average Bonchev–Trinajstić information content (AvgIpc) is 3.15. The second-order valence-electron chi connectivity index (χ2n) is 7.41. The van der Waals surface area contributed by atoms with Gasteiger partial charge in [0.2, 0.25) is 0 Å². The van der Waals surface area contributed by atoms with Crippen molar-refractivity contribution in [2.75, 3.05) is 0 Å². The van der Waals surface area contributed by atoms with E-state index in [1.54, 1.807) is 6.20 Å². The van der Waals surface area contributed by atoms with E-state index < -0.39 is 0 Å². The van der Waals surface area contributed by atoms with E-state index in [-0.39, 0.29) is 17.6 Å². The van der Waals surface area contributed by atoms with Gasteiger partial charge >= 0.3 is 0 Å². The second-order valence-corrected chi connectivity index (χ2v) is 7.85. The van der Waals surface area contributed by atoms with Crippen LogP contribution in [-0.2, 0) is 13.0 Å². The van der Waals surface area contributed by atoms with Gasteiger partial charge in [-0.25, -0.2) is 9.97 Å². The van der Waals surface area contributed by atoms with Crippen molar-refractivity contribution in [3.8, 4) is 0 Å². The van der Waals surface area contributed by atoms with Crippen LogP contribution in [-0.4, -0.2) is 25.4 Å². The van der Waals surface area contributed by atoms with Gasteiger partial charge in [-0.3, -0.25) is 9.78 Å². The molecule has 4 aromatic rings. The molecule has 0 saturated carbocycles. The number of carbonyl (C=O) groups is 1. The number of aryl methyl sites for hydroxylation is 1. The molecule has 6 nitrogen and oxygen atoms in total. The highest BCUT2D eigenvalue weighted by Crippen LogP contribution is 2.26. The highest BCUT2D eigenvalue weighted by molar-refractivity contribution is 6.31. The summed E-state index contributed by atoms with van der Waals surface area (Å²) < 4.78 is 2.19. The first-order chi connectivity index (χ1) is 15.2. The largest absolute Gasteiger partial charge is 0.340 e. The Morgan fingerprint density at radius 1 is 1.16 bits per heavy atom. The molecular weight excluding hydrogens is 410 g/mol. The molecule has 1 amide bonds. The van der Waals surface area contributed by atoms with E-state index >= 15 is 0 Å². The smallest absolute Gasteiger partial charge is 0.272 e. The van der Waals surface area contributed by atoms with Crippen LogP contribution in [0.3, 0.4) is 0 Å². The first-order valence-corrected chi connectivity index (χ1v) is 10.8. The van der Waals surface area contributed by atoms with Crippen molar-refractivity contribution in [3.63, 3.8) is 0 Å². The van der Waals surface area contributed by atoms with Crippen molar-refractivity contribution >= 4 is 28.5 Å². The molecule has 0 aliphatic rings. The normalized spacial score (nSPS) is 12.1. The second kappa shape index (κ2) is 9.71. The molecule has 4 rings (SSSR count). The molecule has 158 valence electrons. The topological polar surface area (TPSA) is 72.7 Å². The van der Waals surface area contributed by atoms with E-state index in [9.17, 15) is 4.79 Å². The monoisotopic (exact) mass is 433 g/mol. The van der Waals surface area contributed by atoms with Crippen LogP contribution in [0.1, 0.15) is 47.7 Å². The predicted molar refractivity (Wildman–Crippen MR) is 122 cm³/mol. The minimum absolute atomic E-state index is 0.277. The van der Waals surface area contributed by atoms with Crippen LogP contribution < -0.4 is 5.32 Å². The van der Waals surface area contributed by atoms with E-state index in [2.05, 4.69) is 38.9 Å². The molecular formula is C24H24ClN5O. The van der Waals surface area contributed by atoms with Crippen molar-refractivity contribution < 1.29 is 4.79 Å². The number of unbranched alkanes of at least 4 members (excludes halogenated alkanes) is 1. The number of carbonyl (C=O) groups excluding carboxylic acids is 1. The summed E-state index contributed by atoms with van der Waals surface area (Å²) in [4.78, 5) is 26.0. The number of rotatable bonds is 8. The van der Waals surface area contributed by atoms with E-state index in [1.807, 2.05) is 36.4 Å². The third kappa shape index (κ3) is 4.91. The van der Waals surface area contributed by atoms with Gasteiger partial charge in [0.15, 0.2) is 0 Å². The number of benzene rings is 2. The number of hydrogen-bond acceptors (Lipinski definition) is 4. The molecule has 0 bridgehead atoms. The fourth-order valence-electron chi connectivity index (χ4n) is 3.64. The minimum Gasteiger partial charge on any atom is -0.340 e. The molecule has 2 aromatic heterocycles. The van der Waals surface area contributed by atoms with Crippen LogP contribution in [0, 0.1) is 0 Å². The Bertz CT molecular complexity index is 1160. The Hall–Kier alpha value is -3.25. The Labute approximate surface area is 186 Å². The molecule has 0 spiro atoms. The van der Waals surface area contributed by atoms with Crippen LogP contribution in [0.5, 0.6) is 0 Å². The summed E-state index contributed by atoms with van der Waals surface area (Å²) >= 11 is 6.22. The number of aromatic nitrogens is 4. The Balaban J connectivity index is 1.76. The van der Waals surface area contributed by atoms with Crippen LogP contribution >= 0.6 is 11.6 Å². The number of halogens is 1. The number of nitrogens with one attached hydrogen (secondary N) is 1. The number of fused-ring (bicyclic) bond motifs is 1. The van der Waals surface area contributed by atoms with E-state index in [0.717, 1.165) is 41.8 Å². The maximum Gasteiger partial charge on any atom is 0.272 e. The fraction of sp³-hybridized carbons (Fsp3) is 0.250. The van der Waals surface area contributed by atoms with Gasteiger partial charge in [0.05, 0.1) is 23.3 Å². The van der Waals surface area contributed by atoms with Crippen LogP contribution in [0.2, 0.25) is 5.02 Å².